The summed E-state index contributed by atoms with van der Waals surface area (Å²) in [5.74, 6) is 4.65. The Balaban J connectivity index is 3.05. The highest BCUT2D eigenvalue weighted by Crippen LogP contribution is 2.31. The molecule has 19 heavy (non-hydrogen) atoms. The van der Waals surface area contributed by atoms with Gasteiger partial charge in [0.25, 0.3) is 5.91 Å². The monoisotopic (exact) mass is 267 g/mol. The van der Waals surface area contributed by atoms with E-state index in [0.717, 1.165) is 0 Å². The van der Waals surface area contributed by atoms with Gasteiger partial charge in [-0.25, -0.2) is 5.84 Å². The van der Waals surface area contributed by atoms with Gasteiger partial charge in [-0.05, 0) is 19.4 Å². The van der Waals surface area contributed by atoms with Crippen molar-refractivity contribution >= 4 is 11.6 Å². The predicted molar refractivity (Wildman–Crippen MR) is 69.5 cm³/mol. The number of nitrogens with one attached hydrogen (secondary N) is 1. The van der Waals surface area contributed by atoms with Gasteiger partial charge < -0.3 is 4.74 Å². The molecule has 1 aromatic carbocycles. The number of hydrogen-bond donors (Lipinski definition) is 2. The predicted octanol–water partition coefficient (Wildman–Crippen LogP) is 1.44. The van der Waals surface area contributed by atoms with Crippen molar-refractivity contribution in [1.82, 2.24) is 5.43 Å². The van der Waals surface area contributed by atoms with Crippen molar-refractivity contribution in [2.75, 3.05) is 0 Å². The summed E-state index contributed by atoms with van der Waals surface area (Å²) in [6.07, 6.45) is 0.279. The lowest BCUT2D eigenvalue weighted by atomic mass is 10.1. The van der Waals surface area contributed by atoms with E-state index in [2.05, 4.69) is 0 Å². The number of aryl methyl sites for hydroxylation is 1. The fourth-order valence-corrected chi connectivity index (χ4v) is 1.71. The summed E-state index contributed by atoms with van der Waals surface area (Å²) in [5, 5.41) is 11.0. The van der Waals surface area contributed by atoms with Crippen LogP contribution in [0.4, 0.5) is 5.69 Å². The van der Waals surface area contributed by atoms with E-state index in [-0.39, 0.29) is 11.4 Å². The van der Waals surface area contributed by atoms with Crippen molar-refractivity contribution in [2.45, 2.75) is 32.8 Å². The fourth-order valence-electron chi connectivity index (χ4n) is 1.71. The lowest BCUT2D eigenvalue weighted by Crippen LogP contribution is -2.42. The average Bonchev–Trinajstić information content (AvgIpc) is 2.37. The van der Waals surface area contributed by atoms with Crippen LogP contribution in [0.5, 0.6) is 5.75 Å². The van der Waals surface area contributed by atoms with Crippen LogP contribution in [0.25, 0.3) is 0 Å². The average molecular weight is 267 g/mol. The Labute approximate surface area is 110 Å². The van der Waals surface area contributed by atoms with Crippen molar-refractivity contribution in [3.63, 3.8) is 0 Å². The smallest absolute Gasteiger partial charge is 0.313 e. The van der Waals surface area contributed by atoms with Gasteiger partial charge >= 0.3 is 5.69 Å². The minimum absolute atomic E-state index is 0.0760. The molecule has 0 radical (unpaired) electrons. The van der Waals surface area contributed by atoms with Crippen LogP contribution in [0.2, 0.25) is 0 Å². The maximum absolute atomic E-state index is 11.5. The second-order valence-electron chi connectivity index (χ2n) is 4.08. The molecule has 0 aromatic heterocycles. The van der Waals surface area contributed by atoms with Gasteiger partial charge in [0.05, 0.1) is 4.92 Å². The van der Waals surface area contributed by atoms with E-state index in [1.54, 1.807) is 19.1 Å². The summed E-state index contributed by atoms with van der Waals surface area (Å²) in [6, 6.07) is 4.72. The molecule has 0 bridgehead atoms. The first kappa shape index (κ1) is 14.9. The van der Waals surface area contributed by atoms with Gasteiger partial charge in [-0.1, -0.05) is 25.5 Å². The van der Waals surface area contributed by atoms with Crippen LogP contribution < -0.4 is 16.0 Å². The first-order chi connectivity index (χ1) is 9.01. The number of carbonyl (C=O) groups excluding carboxylic acids is 1. The Morgan fingerprint density at radius 1 is 1.58 bits per heavy atom. The number of nitro groups is 1. The van der Waals surface area contributed by atoms with Crippen molar-refractivity contribution in [2.24, 2.45) is 5.84 Å². The molecule has 0 aliphatic carbocycles. The normalized spacial score (nSPS) is 11.7. The van der Waals surface area contributed by atoms with Crippen LogP contribution in [-0.2, 0) is 4.79 Å². The van der Waals surface area contributed by atoms with Crippen LogP contribution in [0.1, 0.15) is 25.3 Å². The molecule has 1 atom stereocenters. The lowest BCUT2D eigenvalue weighted by molar-refractivity contribution is -0.386. The van der Waals surface area contributed by atoms with E-state index in [4.69, 9.17) is 10.6 Å². The van der Waals surface area contributed by atoms with E-state index in [1.807, 2.05) is 12.3 Å². The van der Waals surface area contributed by atoms with E-state index in [9.17, 15) is 14.9 Å². The first-order valence-electron chi connectivity index (χ1n) is 5.92. The summed E-state index contributed by atoms with van der Waals surface area (Å²) in [5.41, 5.74) is 2.35. The van der Waals surface area contributed by atoms with Crippen molar-refractivity contribution < 1.29 is 14.5 Å². The third-order valence-corrected chi connectivity index (χ3v) is 2.64. The SMILES string of the molecule is CCCC(Oc1cccc(C)c1[N+](=O)[O-])C(=O)NN. The van der Waals surface area contributed by atoms with Gasteiger partial charge in [-0.3, -0.25) is 20.3 Å². The number of benzene rings is 1. The molecular weight excluding hydrogens is 250 g/mol. The molecule has 0 fully saturated rings. The van der Waals surface area contributed by atoms with Crippen molar-refractivity contribution in [3.05, 3.63) is 33.9 Å². The number of nitrogens with zero attached hydrogens (tertiary/aromatic N) is 1. The van der Waals surface area contributed by atoms with Crippen molar-refractivity contribution in [3.8, 4) is 5.75 Å². The molecule has 1 rings (SSSR count). The second-order valence-corrected chi connectivity index (χ2v) is 4.08. The molecule has 0 aliphatic heterocycles. The molecule has 0 aliphatic rings. The molecule has 0 heterocycles. The molecule has 0 saturated carbocycles. The van der Waals surface area contributed by atoms with Crippen LogP contribution in [0, 0.1) is 17.0 Å². The highest BCUT2D eigenvalue weighted by atomic mass is 16.6. The summed E-state index contributed by atoms with van der Waals surface area (Å²) < 4.78 is 5.45. The zero-order chi connectivity index (χ0) is 14.4. The van der Waals surface area contributed by atoms with Gasteiger partial charge in [-0.2, -0.15) is 0 Å². The van der Waals surface area contributed by atoms with Gasteiger partial charge in [0.1, 0.15) is 0 Å². The topological polar surface area (TPSA) is 107 Å². The van der Waals surface area contributed by atoms with E-state index in [0.29, 0.717) is 18.4 Å². The van der Waals surface area contributed by atoms with E-state index >= 15 is 0 Å². The summed E-state index contributed by atoms with van der Waals surface area (Å²) in [7, 11) is 0. The zero-order valence-corrected chi connectivity index (χ0v) is 10.9. The van der Waals surface area contributed by atoms with Gasteiger partial charge in [0.2, 0.25) is 0 Å². The van der Waals surface area contributed by atoms with Crippen LogP contribution >= 0.6 is 0 Å². The molecular formula is C12H17N3O4. The second kappa shape index (κ2) is 6.69. The maximum atomic E-state index is 11.5. The maximum Gasteiger partial charge on any atom is 0.313 e. The van der Waals surface area contributed by atoms with Crippen molar-refractivity contribution in [1.29, 1.82) is 0 Å². The zero-order valence-electron chi connectivity index (χ0n) is 10.9. The number of para-hydroxylation sites is 1. The number of amides is 1. The molecule has 3 N–H and O–H groups in total. The molecule has 1 unspecified atom stereocenters. The van der Waals surface area contributed by atoms with E-state index in [1.165, 1.54) is 6.07 Å². The van der Waals surface area contributed by atoms with Gasteiger partial charge in [0, 0.05) is 5.56 Å². The minimum atomic E-state index is -0.838. The number of hydrogen-bond acceptors (Lipinski definition) is 5. The van der Waals surface area contributed by atoms with Gasteiger partial charge in [0.15, 0.2) is 11.9 Å². The van der Waals surface area contributed by atoms with E-state index < -0.39 is 16.9 Å². The Morgan fingerprint density at radius 2 is 2.26 bits per heavy atom. The number of nitrogens with two attached hydrogens (primary N) is 1. The highest BCUT2D eigenvalue weighted by Gasteiger charge is 2.24. The van der Waals surface area contributed by atoms with Crippen LogP contribution in [-0.4, -0.2) is 16.9 Å². The van der Waals surface area contributed by atoms with Gasteiger partial charge in [-0.15, -0.1) is 0 Å². The Kier molecular flexibility index (Phi) is 5.25. The molecule has 1 amide bonds. The standard InChI is InChI=1S/C12H17N3O4/c1-3-5-10(12(16)14-13)19-9-7-4-6-8(2)11(9)15(17)18/h4,6-7,10H,3,5,13H2,1-2H3,(H,14,16). The number of hydrazine groups is 1. The molecule has 0 saturated heterocycles. The molecule has 7 heteroatoms. The summed E-state index contributed by atoms with van der Waals surface area (Å²) in [4.78, 5) is 22.0. The third kappa shape index (κ3) is 3.65. The largest absolute Gasteiger partial charge is 0.473 e. The summed E-state index contributed by atoms with van der Waals surface area (Å²) >= 11 is 0. The molecule has 1 aromatic rings. The quantitative estimate of drug-likeness (QED) is 0.351. The molecule has 104 valence electrons. The lowest BCUT2D eigenvalue weighted by Gasteiger charge is -2.17. The Bertz CT molecular complexity index is 476. The minimum Gasteiger partial charge on any atom is -0.473 e. The molecule has 0 spiro atoms. The number of nitro benzene ring substituents is 1. The number of rotatable bonds is 6. The highest BCUT2D eigenvalue weighted by molar-refractivity contribution is 5.80. The van der Waals surface area contributed by atoms with Crippen LogP contribution in [0.15, 0.2) is 18.2 Å². The number of ether oxygens (including phenoxy) is 1. The number of carbonyl (C=O) groups is 1. The Morgan fingerprint density at radius 3 is 2.79 bits per heavy atom. The Hall–Kier alpha value is -2.15. The third-order valence-electron chi connectivity index (χ3n) is 2.64. The summed E-state index contributed by atoms with van der Waals surface area (Å²) in [6.45, 7) is 3.49. The van der Waals surface area contributed by atoms with Crippen LogP contribution in [0.3, 0.4) is 0 Å². The first-order valence-corrected chi connectivity index (χ1v) is 5.92. The molecule has 7 nitrogen and oxygen atoms in total. The fraction of sp³-hybridized carbons (Fsp3) is 0.417.